The molecule has 5 rings (SSSR count). The first kappa shape index (κ1) is 24.1. The normalized spacial score (nSPS) is 11.2. The van der Waals surface area contributed by atoms with Crippen LogP contribution in [0.2, 0.25) is 0 Å². The van der Waals surface area contributed by atoms with Crippen LogP contribution in [-0.4, -0.2) is 25.5 Å². The fourth-order valence-corrected chi connectivity index (χ4v) is 4.90. The molecule has 0 saturated heterocycles. The summed E-state index contributed by atoms with van der Waals surface area (Å²) in [5.74, 6) is 1.83. The van der Waals surface area contributed by atoms with Crippen molar-refractivity contribution in [2.24, 2.45) is 0 Å². The van der Waals surface area contributed by atoms with Gasteiger partial charge in [0.25, 0.3) is 10.0 Å². The molecule has 8 nitrogen and oxygen atoms in total. The summed E-state index contributed by atoms with van der Waals surface area (Å²) in [6, 6.07) is 29.0. The Labute approximate surface area is 215 Å². The summed E-state index contributed by atoms with van der Waals surface area (Å²) in [6.45, 7) is 1.89. The van der Waals surface area contributed by atoms with E-state index in [2.05, 4.69) is 25.3 Å². The van der Waals surface area contributed by atoms with E-state index in [9.17, 15) is 8.42 Å². The summed E-state index contributed by atoms with van der Waals surface area (Å²) < 4.78 is 33.7. The van der Waals surface area contributed by atoms with Gasteiger partial charge in [-0.25, -0.2) is 13.4 Å². The maximum absolute atomic E-state index is 12.9. The van der Waals surface area contributed by atoms with E-state index < -0.39 is 10.0 Å². The molecular formula is C28H25N5O3S. The van der Waals surface area contributed by atoms with Crippen molar-refractivity contribution >= 4 is 49.6 Å². The van der Waals surface area contributed by atoms with Crippen LogP contribution >= 0.6 is 0 Å². The molecule has 0 atom stereocenters. The first-order valence-electron chi connectivity index (χ1n) is 11.5. The van der Waals surface area contributed by atoms with Crippen molar-refractivity contribution in [3.05, 3.63) is 103 Å². The van der Waals surface area contributed by atoms with Crippen molar-refractivity contribution in [3.63, 3.8) is 0 Å². The van der Waals surface area contributed by atoms with E-state index in [-0.39, 0.29) is 4.90 Å². The maximum Gasteiger partial charge on any atom is 0.261 e. The minimum Gasteiger partial charge on any atom is -0.497 e. The van der Waals surface area contributed by atoms with Gasteiger partial charge in [-0.3, -0.25) is 4.72 Å². The van der Waals surface area contributed by atoms with Gasteiger partial charge in [0, 0.05) is 28.8 Å². The van der Waals surface area contributed by atoms with Crippen LogP contribution in [0.5, 0.6) is 5.75 Å². The summed E-state index contributed by atoms with van der Waals surface area (Å²) in [6.07, 6.45) is 0. The van der Waals surface area contributed by atoms with E-state index in [0.29, 0.717) is 17.5 Å². The first-order valence-corrected chi connectivity index (χ1v) is 13.0. The second-order valence-corrected chi connectivity index (χ2v) is 10.1. The molecule has 0 amide bonds. The number of rotatable bonds is 8. The van der Waals surface area contributed by atoms with E-state index in [4.69, 9.17) is 4.74 Å². The standard InChI is InChI=1S/C28H25N5O3S/c1-19-17-27(30-22-12-14-25(36-2)15-13-22)32-28(29-19)31-23-8-10-24(11-9-23)33-37(34,35)26-16-7-20-5-3-4-6-21(20)18-26/h3-18,33H,1-2H3,(H2,29,30,31,32). The monoisotopic (exact) mass is 511 g/mol. The number of aryl methyl sites for hydroxylation is 1. The van der Waals surface area contributed by atoms with E-state index in [1.807, 2.05) is 61.5 Å². The van der Waals surface area contributed by atoms with Crippen molar-refractivity contribution in [2.75, 3.05) is 22.5 Å². The van der Waals surface area contributed by atoms with E-state index in [1.54, 1.807) is 49.6 Å². The van der Waals surface area contributed by atoms with Crippen LogP contribution in [0.1, 0.15) is 5.69 Å². The predicted molar refractivity (Wildman–Crippen MR) is 148 cm³/mol. The number of aromatic nitrogens is 2. The molecule has 1 heterocycles. The number of methoxy groups -OCH3 is 1. The van der Waals surface area contributed by atoms with Gasteiger partial charge in [0.2, 0.25) is 5.95 Å². The molecule has 9 heteroatoms. The molecule has 0 aliphatic carbocycles. The number of anilines is 5. The summed E-state index contributed by atoms with van der Waals surface area (Å²) in [4.78, 5) is 9.19. The zero-order valence-corrected chi connectivity index (χ0v) is 21.1. The number of fused-ring (bicyclic) bond motifs is 1. The number of hydrogen-bond donors (Lipinski definition) is 3. The number of nitrogens with one attached hydrogen (secondary N) is 3. The minimum atomic E-state index is -3.73. The highest BCUT2D eigenvalue weighted by molar-refractivity contribution is 7.92. The number of ether oxygens (including phenoxy) is 1. The molecule has 0 saturated carbocycles. The molecule has 0 unspecified atom stereocenters. The number of benzene rings is 4. The quantitative estimate of drug-likeness (QED) is 0.227. The lowest BCUT2D eigenvalue weighted by atomic mass is 10.1. The van der Waals surface area contributed by atoms with Gasteiger partial charge in [-0.2, -0.15) is 4.98 Å². The van der Waals surface area contributed by atoms with E-state index >= 15 is 0 Å². The second kappa shape index (κ2) is 10.2. The summed E-state index contributed by atoms with van der Waals surface area (Å²) in [7, 11) is -2.11. The Morgan fingerprint density at radius 2 is 1.35 bits per heavy atom. The molecular weight excluding hydrogens is 486 g/mol. The fraction of sp³-hybridized carbons (Fsp3) is 0.0714. The van der Waals surface area contributed by atoms with Gasteiger partial charge < -0.3 is 15.4 Å². The Morgan fingerprint density at radius 1 is 0.703 bits per heavy atom. The first-order chi connectivity index (χ1) is 17.9. The molecule has 3 N–H and O–H groups in total. The number of nitrogens with zero attached hydrogens (tertiary/aromatic N) is 2. The Hall–Kier alpha value is -4.63. The van der Waals surface area contributed by atoms with Crippen molar-refractivity contribution in [2.45, 2.75) is 11.8 Å². The molecule has 0 fully saturated rings. The molecule has 0 bridgehead atoms. The average molecular weight is 512 g/mol. The molecule has 4 aromatic carbocycles. The van der Waals surface area contributed by atoms with E-state index in [0.717, 1.165) is 33.6 Å². The maximum atomic E-state index is 12.9. The second-order valence-electron chi connectivity index (χ2n) is 8.39. The SMILES string of the molecule is COc1ccc(Nc2cc(C)nc(Nc3ccc(NS(=O)(=O)c4ccc5ccccc5c4)cc3)n2)cc1. The van der Waals surface area contributed by atoms with Gasteiger partial charge in [0.05, 0.1) is 12.0 Å². The van der Waals surface area contributed by atoms with Crippen molar-refractivity contribution in [1.82, 2.24) is 9.97 Å². The highest BCUT2D eigenvalue weighted by atomic mass is 32.2. The van der Waals surface area contributed by atoms with Crippen LogP contribution in [0.4, 0.5) is 28.8 Å². The minimum absolute atomic E-state index is 0.207. The molecule has 0 spiro atoms. The number of hydrogen-bond acceptors (Lipinski definition) is 7. The summed E-state index contributed by atoms with van der Waals surface area (Å²) in [5.41, 5.74) is 2.82. The van der Waals surface area contributed by atoms with E-state index in [1.165, 1.54) is 0 Å². The Balaban J connectivity index is 1.28. The van der Waals surface area contributed by atoms with Crippen molar-refractivity contribution in [3.8, 4) is 5.75 Å². The van der Waals surface area contributed by atoms with Crippen LogP contribution in [0.3, 0.4) is 0 Å². The smallest absolute Gasteiger partial charge is 0.261 e. The number of sulfonamides is 1. The third-order valence-corrected chi connectivity index (χ3v) is 7.02. The molecule has 186 valence electrons. The Morgan fingerprint density at radius 3 is 2.08 bits per heavy atom. The third-order valence-electron chi connectivity index (χ3n) is 5.64. The topological polar surface area (TPSA) is 105 Å². The third kappa shape index (κ3) is 5.79. The fourth-order valence-electron chi connectivity index (χ4n) is 3.81. The van der Waals surface area contributed by atoms with Gasteiger partial charge >= 0.3 is 0 Å². The molecule has 0 aliphatic heterocycles. The van der Waals surface area contributed by atoms with Crippen LogP contribution in [-0.2, 0) is 10.0 Å². The predicted octanol–water partition coefficient (Wildman–Crippen LogP) is 6.23. The Bertz CT molecular complexity index is 1650. The lowest BCUT2D eigenvalue weighted by Gasteiger charge is -2.12. The lowest BCUT2D eigenvalue weighted by molar-refractivity contribution is 0.415. The largest absolute Gasteiger partial charge is 0.497 e. The van der Waals surface area contributed by atoms with Gasteiger partial charge in [0.15, 0.2) is 0 Å². The zero-order chi connectivity index (χ0) is 25.8. The molecule has 5 aromatic rings. The summed E-state index contributed by atoms with van der Waals surface area (Å²) in [5, 5.41) is 8.28. The average Bonchev–Trinajstić information content (AvgIpc) is 2.89. The summed E-state index contributed by atoms with van der Waals surface area (Å²) >= 11 is 0. The van der Waals surface area contributed by atoms with Crippen LogP contribution in [0.25, 0.3) is 10.8 Å². The lowest BCUT2D eigenvalue weighted by Crippen LogP contribution is -2.12. The van der Waals surface area contributed by atoms with Crippen molar-refractivity contribution < 1.29 is 13.2 Å². The highest BCUT2D eigenvalue weighted by Crippen LogP contribution is 2.24. The highest BCUT2D eigenvalue weighted by Gasteiger charge is 2.15. The van der Waals surface area contributed by atoms with Gasteiger partial charge in [-0.15, -0.1) is 0 Å². The van der Waals surface area contributed by atoms with Gasteiger partial charge in [-0.05, 0) is 78.4 Å². The zero-order valence-electron chi connectivity index (χ0n) is 20.3. The molecule has 37 heavy (non-hydrogen) atoms. The van der Waals surface area contributed by atoms with Crippen molar-refractivity contribution in [1.29, 1.82) is 0 Å². The molecule has 0 radical (unpaired) electrons. The Kier molecular flexibility index (Phi) is 6.61. The molecule has 1 aromatic heterocycles. The van der Waals surface area contributed by atoms with Crippen LogP contribution in [0.15, 0.2) is 102 Å². The van der Waals surface area contributed by atoms with Crippen LogP contribution < -0.4 is 20.1 Å². The van der Waals surface area contributed by atoms with Gasteiger partial charge in [0.1, 0.15) is 11.6 Å². The van der Waals surface area contributed by atoms with Gasteiger partial charge in [-0.1, -0.05) is 30.3 Å². The van der Waals surface area contributed by atoms with Crippen LogP contribution in [0, 0.1) is 6.92 Å². The molecule has 0 aliphatic rings.